The number of hydrogen-bond acceptors (Lipinski definition) is 8. The molecule has 0 aliphatic heterocycles. The van der Waals surface area contributed by atoms with Crippen molar-refractivity contribution in [3.8, 4) is 0 Å². The van der Waals surface area contributed by atoms with Gasteiger partial charge in [0.25, 0.3) is 5.91 Å². The lowest BCUT2D eigenvalue weighted by Gasteiger charge is -2.08. The quantitative estimate of drug-likeness (QED) is 0.352. The molecule has 2 aromatic rings. The fourth-order valence-corrected chi connectivity index (χ4v) is 3.45. The first-order valence-electron chi connectivity index (χ1n) is 8.46. The summed E-state index contributed by atoms with van der Waals surface area (Å²) in [7, 11) is 0. The van der Waals surface area contributed by atoms with Crippen molar-refractivity contribution in [2.24, 2.45) is 16.0 Å². The third kappa shape index (κ3) is 5.35. The number of nitrogens with zero attached hydrogens (tertiary/aromatic N) is 2. The van der Waals surface area contributed by atoms with Crippen molar-refractivity contribution >= 4 is 39.6 Å². The van der Waals surface area contributed by atoms with Gasteiger partial charge in [0, 0.05) is 12.2 Å². The maximum absolute atomic E-state index is 11.7. The van der Waals surface area contributed by atoms with E-state index >= 15 is 0 Å². The number of rotatable bonds is 10. The molecule has 0 atom stereocenters. The Morgan fingerprint density at radius 3 is 2.61 bits per heavy atom. The van der Waals surface area contributed by atoms with E-state index in [4.69, 9.17) is 15.6 Å². The SMILES string of the molecule is Cc1cc(NCCOCCO)ccc1N=Nc1sc(C(=O)O)c(C)c1C(N)=O. The highest BCUT2D eigenvalue weighted by Gasteiger charge is 2.23. The number of thiophene rings is 1. The van der Waals surface area contributed by atoms with Crippen LogP contribution in [0.1, 0.15) is 31.2 Å². The second kappa shape index (κ2) is 9.93. The van der Waals surface area contributed by atoms with E-state index in [1.807, 2.05) is 19.1 Å². The molecule has 9 nitrogen and oxygen atoms in total. The van der Waals surface area contributed by atoms with Crippen LogP contribution in [-0.2, 0) is 4.74 Å². The first kappa shape index (κ1) is 21.5. The molecule has 28 heavy (non-hydrogen) atoms. The Balaban J connectivity index is 2.15. The number of aliphatic hydroxyl groups excluding tert-OH is 1. The van der Waals surface area contributed by atoms with E-state index in [0.717, 1.165) is 22.6 Å². The van der Waals surface area contributed by atoms with Crippen LogP contribution in [-0.4, -0.2) is 48.5 Å². The highest BCUT2D eigenvalue weighted by Crippen LogP contribution is 2.36. The second-order valence-corrected chi connectivity index (χ2v) is 6.87. The zero-order chi connectivity index (χ0) is 20.7. The summed E-state index contributed by atoms with van der Waals surface area (Å²) in [4.78, 5) is 23.0. The van der Waals surface area contributed by atoms with Gasteiger partial charge in [-0.05, 0) is 43.2 Å². The number of nitrogens with one attached hydrogen (secondary N) is 1. The number of nitrogens with two attached hydrogens (primary N) is 1. The molecule has 0 saturated carbocycles. The number of azo groups is 1. The van der Waals surface area contributed by atoms with Gasteiger partial charge < -0.3 is 26.0 Å². The lowest BCUT2D eigenvalue weighted by Crippen LogP contribution is -2.12. The summed E-state index contributed by atoms with van der Waals surface area (Å²) >= 11 is 0.864. The lowest BCUT2D eigenvalue weighted by atomic mass is 10.1. The van der Waals surface area contributed by atoms with E-state index in [2.05, 4.69) is 15.5 Å². The minimum Gasteiger partial charge on any atom is -0.477 e. The number of carboxylic acid groups (broad SMARTS) is 1. The Bertz CT molecular complexity index is 894. The van der Waals surface area contributed by atoms with Crippen LogP contribution in [0.4, 0.5) is 16.4 Å². The molecule has 2 rings (SSSR count). The van der Waals surface area contributed by atoms with E-state index in [0.29, 0.717) is 31.0 Å². The van der Waals surface area contributed by atoms with Gasteiger partial charge in [-0.3, -0.25) is 4.79 Å². The van der Waals surface area contributed by atoms with Gasteiger partial charge in [-0.1, -0.05) is 0 Å². The average molecular weight is 406 g/mol. The number of aryl methyl sites for hydroxylation is 1. The Hall–Kier alpha value is -2.82. The number of primary amides is 1. The van der Waals surface area contributed by atoms with Gasteiger partial charge in [0.1, 0.15) is 4.88 Å². The topological polar surface area (TPSA) is 147 Å². The van der Waals surface area contributed by atoms with Gasteiger partial charge in [-0.2, -0.15) is 0 Å². The van der Waals surface area contributed by atoms with Crippen LogP contribution in [0.2, 0.25) is 0 Å². The number of anilines is 1. The molecule has 1 heterocycles. The molecule has 1 amide bonds. The first-order chi connectivity index (χ1) is 13.3. The zero-order valence-electron chi connectivity index (χ0n) is 15.6. The maximum atomic E-state index is 11.7. The highest BCUT2D eigenvalue weighted by molar-refractivity contribution is 7.18. The number of ether oxygens (including phenoxy) is 1. The fraction of sp³-hybridized carbons (Fsp3) is 0.333. The van der Waals surface area contributed by atoms with Crippen molar-refractivity contribution in [2.45, 2.75) is 13.8 Å². The third-order valence-corrected chi connectivity index (χ3v) is 4.99. The van der Waals surface area contributed by atoms with Crippen LogP contribution in [0.15, 0.2) is 28.4 Å². The molecular weight excluding hydrogens is 384 g/mol. The van der Waals surface area contributed by atoms with Crippen LogP contribution >= 0.6 is 11.3 Å². The van der Waals surface area contributed by atoms with Gasteiger partial charge in [-0.15, -0.1) is 21.6 Å². The molecule has 1 aromatic heterocycles. The molecule has 0 bridgehead atoms. The largest absolute Gasteiger partial charge is 0.477 e. The summed E-state index contributed by atoms with van der Waals surface area (Å²) in [5.74, 6) is -1.88. The molecule has 0 saturated heterocycles. The van der Waals surface area contributed by atoms with E-state index in [9.17, 15) is 14.7 Å². The third-order valence-electron chi connectivity index (χ3n) is 3.83. The van der Waals surface area contributed by atoms with Crippen LogP contribution in [0.25, 0.3) is 0 Å². The van der Waals surface area contributed by atoms with Crippen molar-refractivity contribution in [3.63, 3.8) is 0 Å². The summed E-state index contributed by atoms with van der Waals surface area (Å²) in [6, 6.07) is 5.47. The van der Waals surface area contributed by atoms with Gasteiger partial charge in [0.2, 0.25) is 0 Å². The molecule has 0 fully saturated rings. The number of aliphatic hydroxyl groups is 1. The van der Waals surface area contributed by atoms with E-state index in [-0.39, 0.29) is 22.0 Å². The van der Waals surface area contributed by atoms with Crippen molar-refractivity contribution in [1.29, 1.82) is 0 Å². The predicted octanol–water partition coefficient (Wildman–Crippen LogP) is 3.00. The molecule has 10 heteroatoms. The maximum Gasteiger partial charge on any atom is 0.346 e. The Kier molecular flexibility index (Phi) is 7.61. The van der Waals surface area contributed by atoms with Crippen molar-refractivity contribution < 1.29 is 24.5 Å². The Morgan fingerprint density at radius 2 is 2.00 bits per heavy atom. The van der Waals surface area contributed by atoms with E-state index in [1.54, 1.807) is 6.07 Å². The monoisotopic (exact) mass is 406 g/mol. The number of carboxylic acids is 1. The van der Waals surface area contributed by atoms with Gasteiger partial charge >= 0.3 is 5.97 Å². The lowest BCUT2D eigenvalue weighted by molar-refractivity contribution is 0.0701. The highest BCUT2D eigenvalue weighted by atomic mass is 32.1. The van der Waals surface area contributed by atoms with Crippen LogP contribution in [0.5, 0.6) is 0 Å². The molecule has 0 radical (unpaired) electrons. The number of hydrogen-bond donors (Lipinski definition) is 4. The van der Waals surface area contributed by atoms with E-state index < -0.39 is 11.9 Å². The van der Waals surface area contributed by atoms with Gasteiger partial charge in [-0.25, -0.2) is 4.79 Å². The second-order valence-electron chi connectivity index (χ2n) is 5.87. The zero-order valence-corrected chi connectivity index (χ0v) is 16.4. The van der Waals surface area contributed by atoms with Crippen molar-refractivity contribution in [3.05, 3.63) is 39.8 Å². The summed E-state index contributed by atoms with van der Waals surface area (Å²) in [6.45, 7) is 4.75. The van der Waals surface area contributed by atoms with Crippen molar-refractivity contribution in [2.75, 3.05) is 31.7 Å². The predicted molar refractivity (Wildman–Crippen MR) is 106 cm³/mol. The van der Waals surface area contributed by atoms with Crippen LogP contribution < -0.4 is 11.1 Å². The Labute approximate surface area is 165 Å². The molecular formula is C18H22N4O5S. The molecule has 1 aromatic carbocycles. The van der Waals surface area contributed by atoms with Gasteiger partial charge in [0.15, 0.2) is 5.00 Å². The molecule has 0 spiro atoms. The molecule has 150 valence electrons. The summed E-state index contributed by atoms with van der Waals surface area (Å²) in [5.41, 5.74) is 8.04. The number of aromatic carboxylic acids is 1. The minimum atomic E-state index is -1.14. The van der Waals surface area contributed by atoms with Crippen molar-refractivity contribution in [1.82, 2.24) is 0 Å². The average Bonchev–Trinajstić information content (AvgIpc) is 2.97. The molecule has 0 unspecified atom stereocenters. The summed E-state index contributed by atoms with van der Waals surface area (Å²) in [5, 5.41) is 29.4. The first-order valence-corrected chi connectivity index (χ1v) is 9.28. The number of benzene rings is 1. The smallest absolute Gasteiger partial charge is 0.346 e. The number of amides is 1. The van der Waals surface area contributed by atoms with E-state index in [1.165, 1.54) is 6.92 Å². The molecule has 0 aliphatic carbocycles. The summed E-state index contributed by atoms with van der Waals surface area (Å²) in [6.07, 6.45) is 0. The number of carbonyl (C=O) groups excluding carboxylic acids is 1. The molecule has 5 N–H and O–H groups in total. The minimum absolute atomic E-state index is 0.00595. The standard InChI is InChI=1S/C18H22N4O5S/c1-10-9-12(20-5-7-27-8-6-23)3-4-13(10)21-22-17-14(16(19)24)11(2)15(28-17)18(25)26/h3-4,9,20,23H,5-8H2,1-2H3,(H2,19,24)(H,25,26). The molecule has 0 aliphatic rings. The number of carbonyl (C=O) groups is 2. The van der Waals surface area contributed by atoms with Crippen LogP contribution in [0, 0.1) is 13.8 Å². The summed E-state index contributed by atoms with van der Waals surface area (Å²) < 4.78 is 5.18. The fourth-order valence-electron chi connectivity index (χ4n) is 2.47. The van der Waals surface area contributed by atoms with Gasteiger partial charge in [0.05, 0.1) is 31.1 Å². The normalized spacial score (nSPS) is 11.1. The Morgan fingerprint density at radius 1 is 1.25 bits per heavy atom. The van der Waals surface area contributed by atoms with Crippen LogP contribution in [0.3, 0.4) is 0 Å².